The number of benzene rings is 1. The molecule has 0 spiro atoms. The summed E-state index contributed by atoms with van der Waals surface area (Å²) in [5, 5.41) is 30.1. The van der Waals surface area contributed by atoms with Gasteiger partial charge < -0.3 is 20.1 Å². The Kier molecular flexibility index (Phi) is 13.8. The first-order chi connectivity index (χ1) is 13.6. The fourth-order valence-electron chi connectivity index (χ4n) is 3.56. The average molecular weight is 395 g/mol. The zero-order valence-corrected chi connectivity index (χ0v) is 18.0. The molecule has 1 aromatic carbocycles. The summed E-state index contributed by atoms with van der Waals surface area (Å²) in [7, 11) is 0. The van der Waals surface area contributed by atoms with Gasteiger partial charge >= 0.3 is 0 Å². The molecule has 0 amide bonds. The largest absolute Gasteiger partial charge is 0.504 e. The third-order valence-electron chi connectivity index (χ3n) is 5.28. The van der Waals surface area contributed by atoms with Crippen LogP contribution in [-0.2, 0) is 6.42 Å². The molecule has 162 valence electrons. The second kappa shape index (κ2) is 15.6. The number of hydrogen-bond acceptors (Lipinski definition) is 4. The van der Waals surface area contributed by atoms with Crippen LogP contribution in [0, 0.1) is 0 Å². The van der Waals surface area contributed by atoms with E-state index in [2.05, 4.69) is 6.92 Å². The second-order valence-electron chi connectivity index (χ2n) is 7.93. The highest BCUT2D eigenvalue weighted by molar-refractivity contribution is 5.41. The lowest BCUT2D eigenvalue weighted by atomic mass is 9.99. The number of hydrogen-bond donors (Lipinski definition) is 3. The van der Waals surface area contributed by atoms with Crippen molar-refractivity contribution in [1.82, 2.24) is 0 Å². The fraction of sp³-hybridized carbons (Fsp3) is 0.750. The number of aliphatic hydroxyl groups is 2. The Morgan fingerprint density at radius 1 is 0.821 bits per heavy atom. The van der Waals surface area contributed by atoms with E-state index in [9.17, 15) is 15.3 Å². The highest BCUT2D eigenvalue weighted by Gasteiger charge is 2.13. The molecule has 3 N–H and O–H groups in total. The lowest BCUT2D eigenvalue weighted by Gasteiger charge is -2.16. The summed E-state index contributed by atoms with van der Waals surface area (Å²) in [6, 6.07) is 5.30. The molecule has 0 radical (unpaired) electrons. The standard InChI is InChI=1S/C24H42O4/c1-3-5-6-7-8-9-10-11-12-13-21(25)19-22(26)16-14-20-15-17-23(27)24(18-20)28-4-2/h15,17-18,21-22,25-27H,3-14,16,19H2,1-2H3. The molecule has 1 aromatic rings. The van der Waals surface area contributed by atoms with Crippen molar-refractivity contribution in [2.24, 2.45) is 0 Å². The predicted molar refractivity (Wildman–Crippen MR) is 116 cm³/mol. The second-order valence-corrected chi connectivity index (χ2v) is 7.93. The Morgan fingerprint density at radius 2 is 1.43 bits per heavy atom. The van der Waals surface area contributed by atoms with Gasteiger partial charge in [0.05, 0.1) is 18.8 Å². The molecular formula is C24H42O4. The van der Waals surface area contributed by atoms with Crippen LogP contribution in [0.25, 0.3) is 0 Å². The summed E-state index contributed by atoms with van der Waals surface area (Å²) in [6.45, 7) is 4.63. The lowest BCUT2D eigenvalue weighted by Crippen LogP contribution is -2.18. The number of phenols is 1. The first-order valence-corrected chi connectivity index (χ1v) is 11.4. The van der Waals surface area contributed by atoms with E-state index in [4.69, 9.17) is 4.74 Å². The van der Waals surface area contributed by atoms with Crippen molar-refractivity contribution in [2.45, 2.75) is 110 Å². The topological polar surface area (TPSA) is 69.9 Å². The van der Waals surface area contributed by atoms with Crippen LogP contribution in [0.2, 0.25) is 0 Å². The number of rotatable bonds is 17. The van der Waals surface area contributed by atoms with Gasteiger partial charge in [-0.05, 0) is 50.3 Å². The molecular weight excluding hydrogens is 352 g/mol. The van der Waals surface area contributed by atoms with E-state index >= 15 is 0 Å². The van der Waals surface area contributed by atoms with E-state index < -0.39 is 12.2 Å². The molecule has 2 atom stereocenters. The van der Waals surface area contributed by atoms with Crippen LogP contribution in [0.3, 0.4) is 0 Å². The molecule has 28 heavy (non-hydrogen) atoms. The molecule has 0 aromatic heterocycles. The van der Waals surface area contributed by atoms with E-state index in [1.54, 1.807) is 6.07 Å². The van der Waals surface area contributed by atoms with Gasteiger partial charge in [0, 0.05) is 0 Å². The highest BCUT2D eigenvalue weighted by atomic mass is 16.5. The maximum Gasteiger partial charge on any atom is 0.161 e. The maximum atomic E-state index is 10.2. The van der Waals surface area contributed by atoms with Gasteiger partial charge in [-0.15, -0.1) is 0 Å². The van der Waals surface area contributed by atoms with Gasteiger partial charge in [0.2, 0.25) is 0 Å². The van der Waals surface area contributed by atoms with Crippen LogP contribution in [0.4, 0.5) is 0 Å². The first-order valence-electron chi connectivity index (χ1n) is 11.4. The molecule has 4 heteroatoms. The number of aryl methyl sites for hydroxylation is 1. The van der Waals surface area contributed by atoms with E-state index in [0.29, 0.717) is 31.6 Å². The third-order valence-corrected chi connectivity index (χ3v) is 5.28. The summed E-state index contributed by atoms with van der Waals surface area (Å²) in [6.07, 6.45) is 13.1. The van der Waals surface area contributed by atoms with E-state index in [1.165, 1.54) is 51.4 Å². The first kappa shape index (κ1) is 24.8. The van der Waals surface area contributed by atoms with Crippen LogP contribution < -0.4 is 4.74 Å². The van der Waals surface area contributed by atoms with Gasteiger partial charge in [-0.25, -0.2) is 0 Å². The van der Waals surface area contributed by atoms with E-state index in [-0.39, 0.29) is 5.75 Å². The fourth-order valence-corrected chi connectivity index (χ4v) is 3.56. The molecule has 1 rings (SSSR count). The maximum absolute atomic E-state index is 10.2. The number of aromatic hydroxyl groups is 1. The minimum atomic E-state index is -0.502. The van der Waals surface area contributed by atoms with Crippen LogP contribution in [-0.4, -0.2) is 34.1 Å². The molecule has 0 fully saturated rings. The van der Waals surface area contributed by atoms with Gasteiger partial charge in [0.25, 0.3) is 0 Å². The number of unbranched alkanes of at least 4 members (excludes halogenated alkanes) is 8. The van der Waals surface area contributed by atoms with Gasteiger partial charge in [0.15, 0.2) is 11.5 Å². The quantitative estimate of drug-likeness (QED) is 0.294. The summed E-state index contributed by atoms with van der Waals surface area (Å²) < 4.78 is 5.39. The minimum Gasteiger partial charge on any atom is -0.504 e. The Morgan fingerprint density at radius 3 is 2.07 bits per heavy atom. The van der Waals surface area contributed by atoms with Crippen LogP contribution >= 0.6 is 0 Å². The number of aliphatic hydroxyl groups excluding tert-OH is 2. The summed E-state index contributed by atoms with van der Waals surface area (Å²) in [5.41, 5.74) is 1.02. The zero-order chi connectivity index (χ0) is 20.6. The summed E-state index contributed by atoms with van der Waals surface area (Å²) in [5.74, 6) is 0.627. The Hall–Kier alpha value is -1.26. The average Bonchev–Trinajstić information content (AvgIpc) is 2.67. The number of phenolic OH excluding ortho intramolecular Hbond substituents is 1. The van der Waals surface area contributed by atoms with Crippen molar-refractivity contribution in [3.8, 4) is 11.5 Å². The normalized spacial score (nSPS) is 13.4. The SMILES string of the molecule is CCCCCCCCCCCC(O)CC(O)CCc1ccc(O)c(OCC)c1. The molecule has 0 aliphatic heterocycles. The van der Waals surface area contributed by atoms with Crippen molar-refractivity contribution in [3.05, 3.63) is 23.8 Å². The van der Waals surface area contributed by atoms with Crippen LogP contribution in [0.5, 0.6) is 11.5 Å². The van der Waals surface area contributed by atoms with Crippen molar-refractivity contribution in [2.75, 3.05) is 6.61 Å². The van der Waals surface area contributed by atoms with Crippen molar-refractivity contribution >= 4 is 0 Å². The smallest absolute Gasteiger partial charge is 0.161 e. The molecule has 0 aliphatic carbocycles. The summed E-state index contributed by atoms with van der Waals surface area (Å²) in [4.78, 5) is 0. The molecule has 0 bridgehead atoms. The number of ether oxygens (including phenoxy) is 1. The molecule has 0 aliphatic rings. The monoisotopic (exact) mass is 394 g/mol. The van der Waals surface area contributed by atoms with Gasteiger partial charge in [-0.1, -0.05) is 70.8 Å². The van der Waals surface area contributed by atoms with Crippen LogP contribution in [0.15, 0.2) is 18.2 Å². The Balaban J connectivity index is 2.11. The van der Waals surface area contributed by atoms with Gasteiger partial charge in [-0.2, -0.15) is 0 Å². The van der Waals surface area contributed by atoms with Gasteiger partial charge in [0.1, 0.15) is 0 Å². The third kappa shape index (κ3) is 11.6. The highest BCUT2D eigenvalue weighted by Crippen LogP contribution is 2.27. The predicted octanol–water partition coefficient (Wildman–Crippen LogP) is 5.76. The minimum absolute atomic E-state index is 0.141. The van der Waals surface area contributed by atoms with Crippen molar-refractivity contribution in [1.29, 1.82) is 0 Å². The summed E-state index contributed by atoms with van der Waals surface area (Å²) >= 11 is 0. The van der Waals surface area contributed by atoms with E-state index in [1.807, 2.05) is 19.1 Å². The molecule has 2 unspecified atom stereocenters. The van der Waals surface area contributed by atoms with Crippen LogP contribution in [0.1, 0.15) is 96.5 Å². The zero-order valence-electron chi connectivity index (χ0n) is 18.0. The molecule has 0 heterocycles. The molecule has 0 saturated heterocycles. The molecule has 0 saturated carbocycles. The Labute approximate surface area is 171 Å². The van der Waals surface area contributed by atoms with Crippen molar-refractivity contribution in [3.63, 3.8) is 0 Å². The molecule has 4 nitrogen and oxygen atoms in total. The van der Waals surface area contributed by atoms with E-state index in [0.717, 1.165) is 18.4 Å². The van der Waals surface area contributed by atoms with Crippen molar-refractivity contribution < 1.29 is 20.1 Å². The Bertz CT molecular complexity index is 503. The lowest BCUT2D eigenvalue weighted by molar-refractivity contribution is 0.0697. The van der Waals surface area contributed by atoms with Gasteiger partial charge in [-0.3, -0.25) is 0 Å².